The summed E-state index contributed by atoms with van der Waals surface area (Å²) in [5, 5.41) is 0. The van der Waals surface area contributed by atoms with Crippen molar-refractivity contribution in [2.75, 3.05) is 0 Å². The quantitative estimate of drug-likeness (QED) is 0.235. The van der Waals surface area contributed by atoms with Gasteiger partial charge in [0.25, 0.3) is 0 Å². The Kier molecular flexibility index (Phi) is 10.2. The Labute approximate surface area is 297 Å². The topological polar surface area (TPSA) is 0 Å². The van der Waals surface area contributed by atoms with Gasteiger partial charge in [0.2, 0.25) is 0 Å². The molecule has 9 rings (SSSR count). The van der Waals surface area contributed by atoms with Gasteiger partial charge >= 0.3 is 59.5 Å². The van der Waals surface area contributed by atoms with Gasteiger partial charge in [0, 0.05) is 0 Å². The van der Waals surface area contributed by atoms with E-state index in [4.69, 9.17) is 0 Å². The van der Waals surface area contributed by atoms with Crippen LogP contribution in [0.3, 0.4) is 0 Å². The van der Waals surface area contributed by atoms with Crippen molar-refractivity contribution in [1.29, 1.82) is 0 Å². The summed E-state index contributed by atoms with van der Waals surface area (Å²) in [6.45, 7) is 18.1. The van der Waals surface area contributed by atoms with Crippen LogP contribution in [0.4, 0.5) is 0 Å². The van der Waals surface area contributed by atoms with Crippen molar-refractivity contribution >= 4 is 3.21 Å². The molecule has 0 aromatic heterocycles. The first-order valence-corrected chi connectivity index (χ1v) is 20.0. The number of fused-ring (bicyclic) bond motifs is 3. The molecule has 5 fully saturated rings. The zero-order valence-corrected chi connectivity index (χ0v) is 32.9. The molecule has 2 aromatic carbocycles. The summed E-state index contributed by atoms with van der Waals surface area (Å²) < 4.78 is 1.80. The van der Waals surface area contributed by atoms with E-state index in [1.54, 1.807) is 71.5 Å². The van der Waals surface area contributed by atoms with Crippen molar-refractivity contribution in [3.63, 3.8) is 0 Å². The molecule has 7 aliphatic carbocycles. The Morgan fingerprint density at radius 3 is 1.91 bits per heavy atom. The summed E-state index contributed by atoms with van der Waals surface area (Å²) >= 11 is 1.69. The molecule has 0 spiro atoms. The van der Waals surface area contributed by atoms with Crippen LogP contribution in [0.15, 0.2) is 47.6 Å². The molecule has 2 aromatic rings. The van der Waals surface area contributed by atoms with Crippen LogP contribution < -0.4 is 0 Å². The summed E-state index contributed by atoms with van der Waals surface area (Å²) in [7, 11) is 0. The normalized spacial score (nSPS) is 29.2. The van der Waals surface area contributed by atoms with Crippen molar-refractivity contribution < 1.29 is 24.2 Å². The van der Waals surface area contributed by atoms with Crippen molar-refractivity contribution in [3.8, 4) is 11.1 Å². The fourth-order valence-electron chi connectivity index (χ4n) is 10.0. The van der Waals surface area contributed by atoms with Crippen molar-refractivity contribution in [2.45, 2.75) is 150 Å². The van der Waals surface area contributed by atoms with E-state index >= 15 is 0 Å². The summed E-state index contributed by atoms with van der Waals surface area (Å²) in [4.78, 5) is 0. The van der Waals surface area contributed by atoms with Crippen molar-refractivity contribution in [1.82, 2.24) is 0 Å². The molecule has 1 heteroatoms. The monoisotopic (exact) mass is 690 g/mol. The van der Waals surface area contributed by atoms with Gasteiger partial charge in [-0.1, -0.05) is 91.5 Å². The van der Waals surface area contributed by atoms with E-state index in [0.29, 0.717) is 11.3 Å². The van der Waals surface area contributed by atoms with E-state index in [-0.39, 0.29) is 10.8 Å². The Balaban J connectivity index is 0.000000135. The van der Waals surface area contributed by atoms with Gasteiger partial charge in [-0.2, -0.15) is 35.4 Å². The molecular formula is C45H60Zr. The van der Waals surface area contributed by atoms with Gasteiger partial charge in [0.1, 0.15) is 0 Å². The molecular weight excluding hydrogens is 632 g/mol. The molecule has 4 bridgehead atoms. The molecule has 1 unspecified atom stereocenters. The van der Waals surface area contributed by atoms with Gasteiger partial charge in [-0.25, -0.2) is 5.57 Å². The number of allylic oxidation sites excluding steroid dienone is 4. The molecule has 0 amide bonds. The molecule has 244 valence electrons. The fourth-order valence-corrected chi connectivity index (χ4v) is 10.9. The Morgan fingerprint density at radius 2 is 1.41 bits per heavy atom. The second-order valence-corrected chi connectivity index (χ2v) is 20.1. The predicted molar refractivity (Wildman–Crippen MR) is 194 cm³/mol. The van der Waals surface area contributed by atoms with Crippen LogP contribution in [0, 0.1) is 41.2 Å². The molecule has 0 N–H and O–H groups in total. The van der Waals surface area contributed by atoms with Crippen molar-refractivity contribution in [3.05, 3.63) is 82.0 Å². The van der Waals surface area contributed by atoms with E-state index in [0.717, 1.165) is 24.2 Å². The first-order chi connectivity index (χ1) is 21.7. The minimum absolute atomic E-state index is 0.167. The maximum atomic E-state index is 3.67. The van der Waals surface area contributed by atoms with Crippen molar-refractivity contribution in [2.24, 2.45) is 29.1 Å². The Hall–Kier alpha value is -1.33. The molecule has 46 heavy (non-hydrogen) atoms. The predicted octanol–water partition coefficient (Wildman–Crippen LogP) is 12.2. The maximum absolute atomic E-state index is 3.67. The number of rotatable bonds is 2. The van der Waals surface area contributed by atoms with E-state index in [2.05, 4.69) is 104 Å². The molecule has 7 aliphatic rings. The van der Waals surface area contributed by atoms with Gasteiger partial charge in [-0.15, -0.1) is 11.1 Å². The second-order valence-electron chi connectivity index (χ2n) is 18.3. The van der Waals surface area contributed by atoms with Gasteiger partial charge < -0.3 is 0 Å². The molecule has 1 atom stereocenters. The molecule has 5 saturated carbocycles. The van der Waals surface area contributed by atoms with Crippen LogP contribution in [-0.4, -0.2) is 3.21 Å². The number of benzene rings is 2. The van der Waals surface area contributed by atoms with Crippen LogP contribution >= 0.6 is 0 Å². The second kappa shape index (κ2) is 13.5. The van der Waals surface area contributed by atoms with Gasteiger partial charge in [-0.05, 0) is 90.1 Å². The summed E-state index contributed by atoms with van der Waals surface area (Å²) in [6.07, 6.45) is 25.1. The third kappa shape index (κ3) is 7.93. The van der Waals surface area contributed by atoms with Gasteiger partial charge in [0.15, 0.2) is 0 Å². The average molecular weight is 692 g/mol. The van der Waals surface area contributed by atoms with Gasteiger partial charge in [-0.3, -0.25) is 6.08 Å². The molecule has 0 aliphatic heterocycles. The molecule has 0 heterocycles. The van der Waals surface area contributed by atoms with Gasteiger partial charge in [0.05, 0.1) is 0 Å². The molecule has 0 saturated heterocycles. The molecule has 0 nitrogen and oxygen atoms in total. The zero-order valence-electron chi connectivity index (χ0n) is 30.5. The fraction of sp³-hybridized carbons (Fsp3) is 0.622. The van der Waals surface area contributed by atoms with E-state index in [1.165, 1.54) is 77.5 Å². The van der Waals surface area contributed by atoms with E-state index in [9.17, 15) is 0 Å². The average Bonchev–Trinajstić information content (AvgIpc) is 3.49. The van der Waals surface area contributed by atoms with E-state index in [1.807, 2.05) is 0 Å². The van der Waals surface area contributed by atoms with Crippen LogP contribution in [0.25, 0.3) is 11.1 Å². The third-order valence-corrected chi connectivity index (χ3v) is 13.3. The number of hydrogen-bond acceptors (Lipinski definition) is 0. The van der Waals surface area contributed by atoms with Crippen LogP contribution in [-0.2, 0) is 41.5 Å². The zero-order chi connectivity index (χ0) is 32.9. The molecule has 0 radical (unpaired) electrons. The first kappa shape index (κ1) is 34.5. The summed E-state index contributed by atoms with van der Waals surface area (Å²) in [5.74, 6) is 3.82. The van der Waals surface area contributed by atoms with Crippen LogP contribution in [0.5, 0.6) is 0 Å². The third-order valence-electron chi connectivity index (χ3n) is 12.0. The minimum atomic E-state index is 0.167. The first-order valence-electron chi connectivity index (χ1n) is 18.7. The SMILES string of the molecule is CC(C)(C)c1[c-]c2c(cc1)-c1ccc(C(C)(C)C)cc1C2.CC1=[C-]C(C)C=C1CC12CC3CC(CC(C3)C1)C2.[Zr+2]=[C]1CCCCC1. The van der Waals surface area contributed by atoms with Crippen LogP contribution in [0.1, 0.15) is 155 Å². The van der Waals surface area contributed by atoms with E-state index < -0.39 is 0 Å². The number of hydrogen-bond donors (Lipinski definition) is 0. The summed E-state index contributed by atoms with van der Waals surface area (Å²) in [6, 6.07) is 15.2. The van der Waals surface area contributed by atoms with Crippen LogP contribution in [0.2, 0.25) is 0 Å². The Bertz CT molecular complexity index is 1390. The standard InChI is InChI=1S/C21H25.C18H25.C6H10.Zr/c1-20(2,3)16-7-9-18-14(12-16)11-15-13-17(21(4,5)6)8-10-19(15)18;1-12-3-13(2)17(4-12)11-18-8-14-5-15(9-18)7-16(6-14)10-18;1-2-4-6-5-3-1;/h7-10,12H,11H2,1-6H3;4,12,14-16H,5-11H2,1-2H3;1-5H2;/q2*-1;;+2. The summed E-state index contributed by atoms with van der Waals surface area (Å²) in [5.41, 5.74) is 12.5. The Morgan fingerprint density at radius 1 is 0.804 bits per heavy atom.